The van der Waals surface area contributed by atoms with Gasteiger partial charge in [0.25, 0.3) is 0 Å². The number of ether oxygens (including phenoxy) is 2. The number of rotatable bonds is 12. The van der Waals surface area contributed by atoms with E-state index < -0.39 is 21.7 Å². The summed E-state index contributed by atoms with van der Waals surface area (Å²) in [5, 5.41) is 11.3. The van der Waals surface area contributed by atoms with Crippen molar-refractivity contribution in [1.29, 1.82) is 0 Å². The lowest BCUT2D eigenvalue weighted by atomic mass is 10.1. The Hall–Kier alpha value is -2.55. The summed E-state index contributed by atoms with van der Waals surface area (Å²) in [6, 6.07) is 6.19. The molecule has 0 saturated carbocycles. The van der Waals surface area contributed by atoms with Gasteiger partial charge in [0, 0.05) is 12.3 Å². The van der Waals surface area contributed by atoms with Gasteiger partial charge in [0.05, 0.1) is 34.9 Å². The molecule has 0 aliphatic carbocycles. The third-order valence-corrected chi connectivity index (χ3v) is 8.42. The number of nitrogens with zero attached hydrogens (tertiary/aromatic N) is 6. The largest absolute Gasteiger partial charge is 0.444 e. The van der Waals surface area contributed by atoms with Crippen LogP contribution in [0.2, 0.25) is 0 Å². The first kappa shape index (κ1) is 31.4. The normalized spacial score (nSPS) is 12.7. The third-order valence-electron chi connectivity index (χ3n) is 5.93. The number of amides is 1. The molecule has 0 atom stereocenters. The summed E-state index contributed by atoms with van der Waals surface area (Å²) in [5.74, 6) is 2.43. The first-order valence-electron chi connectivity index (χ1n) is 13.2. The minimum atomic E-state index is -0.651. The van der Waals surface area contributed by atoms with E-state index in [2.05, 4.69) is 83.2 Å². The summed E-state index contributed by atoms with van der Waals surface area (Å²) in [5.41, 5.74) is 3.07. The van der Waals surface area contributed by atoms with E-state index in [0.29, 0.717) is 49.6 Å². The zero-order chi connectivity index (χ0) is 29.8. The molecule has 4 aromatic rings. The average Bonchev–Trinajstić information content (AvgIpc) is 3.43. The number of hydrogen-bond acceptors (Lipinski definition) is 9. The highest BCUT2D eigenvalue weighted by molar-refractivity contribution is 9.10. The lowest BCUT2D eigenvalue weighted by Gasteiger charge is -2.24. The lowest BCUT2D eigenvalue weighted by Crippen LogP contribution is -2.33. The third kappa shape index (κ3) is 8.72. The number of nitrogens with one attached hydrogen (secondary N) is 2. The summed E-state index contributed by atoms with van der Waals surface area (Å²) in [7, 11) is -0.651. The number of carbonyl (C=O) groups is 1. The van der Waals surface area contributed by atoms with Crippen molar-refractivity contribution in [3.8, 4) is 0 Å². The number of anilines is 1. The highest BCUT2D eigenvalue weighted by atomic mass is 79.9. The number of aromatic nitrogens is 6. The van der Waals surface area contributed by atoms with E-state index in [1.807, 2.05) is 27.0 Å². The van der Waals surface area contributed by atoms with Crippen LogP contribution in [0.25, 0.3) is 16.7 Å². The Morgan fingerprint density at radius 2 is 1.95 bits per heavy atom. The van der Waals surface area contributed by atoms with Crippen molar-refractivity contribution in [2.45, 2.75) is 51.2 Å². The molecule has 11 nitrogen and oxygen atoms in total. The minimum Gasteiger partial charge on any atom is -0.444 e. The van der Waals surface area contributed by atoms with Crippen LogP contribution in [0.1, 0.15) is 32.2 Å². The number of imidazole rings is 1. The van der Waals surface area contributed by atoms with Crippen molar-refractivity contribution in [3.05, 3.63) is 40.3 Å². The van der Waals surface area contributed by atoms with Gasteiger partial charge < -0.3 is 24.7 Å². The van der Waals surface area contributed by atoms with Gasteiger partial charge in [-0.2, -0.15) is 14.6 Å². The Morgan fingerprint density at radius 3 is 2.66 bits per heavy atom. The van der Waals surface area contributed by atoms with Gasteiger partial charge in [-0.1, -0.05) is 17.8 Å². The SMILES string of the molecule is CSc1nc(NCc2nc3cc(CCNC(=O)OC(C)(C)C)ccc3n2COCCS(C)(C)C)n2ncc(Br)c2n1. The van der Waals surface area contributed by atoms with E-state index in [4.69, 9.17) is 14.5 Å². The lowest BCUT2D eigenvalue weighted by molar-refractivity contribution is 0.0528. The van der Waals surface area contributed by atoms with Gasteiger partial charge in [-0.15, -0.1) is 0 Å². The van der Waals surface area contributed by atoms with Crippen LogP contribution in [0.4, 0.5) is 10.7 Å². The van der Waals surface area contributed by atoms with E-state index in [-0.39, 0.29) is 0 Å². The maximum atomic E-state index is 12.0. The first-order chi connectivity index (χ1) is 19.3. The fourth-order valence-corrected chi connectivity index (χ4v) is 5.26. The molecule has 14 heteroatoms. The number of halogens is 1. The summed E-state index contributed by atoms with van der Waals surface area (Å²) < 4.78 is 16.0. The number of thioether (sulfide) groups is 1. The van der Waals surface area contributed by atoms with E-state index in [1.54, 1.807) is 10.7 Å². The zero-order valence-electron chi connectivity index (χ0n) is 24.7. The average molecular weight is 668 g/mol. The van der Waals surface area contributed by atoms with Crippen LogP contribution < -0.4 is 10.6 Å². The molecule has 1 aromatic carbocycles. The molecule has 224 valence electrons. The maximum absolute atomic E-state index is 12.0. The van der Waals surface area contributed by atoms with E-state index in [0.717, 1.165) is 32.6 Å². The summed E-state index contributed by atoms with van der Waals surface area (Å²) in [4.78, 5) is 26.2. The van der Waals surface area contributed by atoms with Gasteiger partial charge in [0.15, 0.2) is 10.8 Å². The molecular formula is C27H39BrN8O3S2. The van der Waals surface area contributed by atoms with Gasteiger partial charge in [0.1, 0.15) is 18.2 Å². The molecule has 0 fully saturated rings. The quantitative estimate of drug-likeness (QED) is 0.153. The molecule has 0 saturated heterocycles. The molecule has 2 N–H and O–H groups in total. The van der Waals surface area contributed by atoms with Crippen molar-refractivity contribution in [1.82, 2.24) is 34.4 Å². The van der Waals surface area contributed by atoms with Gasteiger partial charge in [-0.25, -0.2) is 24.8 Å². The summed E-state index contributed by atoms with van der Waals surface area (Å²) in [6.07, 6.45) is 10.8. The van der Waals surface area contributed by atoms with Crippen molar-refractivity contribution >= 4 is 66.4 Å². The van der Waals surface area contributed by atoms with Crippen LogP contribution in [0.5, 0.6) is 0 Å². The highest BCUT2D eigenvalue weighted by Crippen LogP contribution is 2.33. The standard InChI is InChI=1S/C27H39BrN8O3S2/c1-27(2,3)39-26(37)29-11-10-18-8-9-21-20(14-18)32-22(35(21)17-38-12-13-41(5,6)7)16-30-24-34-25(40-4)33-23-19(28)15-31-36(23)24/h8-9,14-15H,10-13,16-17H2,1-7H3,(H,29,37)(H,30,33,34). The molecular weight excluding hydrogens is 628 g/mol. The Bertz CT molecular complexity index is 1510. The van der Waals surface area contributed by atoms with Crippen molar-refractivity contribution in [2.75, 3.05) is 49.2 Å². The topological polar surface area (TPSA) is 120 Å². The second kappa shape index (κ2) is 13.2. The second-order valence-electron chi connectivity index (χ2n) is 11.4. The molecule has 4 rings (SSSR count). The number of alkyl carbamates (subject to hydrolysis) is 1. The van der Waals surface area contributed by atoms with Crippen molar-refractivity contribution in [3.63, 3.8) is 0 Å². The maximum Gasteiger partial charge on any atom is 0.407 e. The number of fused-ring (bicyclic) bond motifs is 2. The molecule has 0 aliphatic rings. The fraction of sp³-hybridized carbons (Fsp3) is 0.519. The summed E-state index contributed by atoms with van der Waals surface area (Å²) in [6.45, 7) is 7.50. The van der Waals surface area contributed by atoms with Gasteiger partial charge in [-0.05, 0) is 85.8 Å². The molecule has 0 bridgehead atoms. The summed E-state index contributed by atoms with van der Waals surface area (Å²) >= 11 is 4.99. The van der Waals surface area contributed by atoms with Crippen LogP contribution in [0.15, 0.2) is 34.0 Å². The van der Waals surface area contributed by atoms with Crippen LogP contribution in [0.3, 0.4) is 0 Å². The molecule has 0 aliphatic heterocycles. The monoisotopic (exact) mass is 666 g/mol. The molecule has 1 amide bonds. The fourth-order valence-electron chi connectivity index (χ4n) is 3.94. The highest BCUT2D eigenvalue weighted by Gasteiger charge is 2.17. The number of hydrogen-bond donors (Lipinski definition) is 2. The molecule has 41 heavy (non-hydrogen) atoms. The van der Waals surface area contributed by atoms with Crippen molar-refractivity contribution in [2.24, 2.45) is 0 Å². The Morgan fingerprint density at radius 1 is 1.17 bits per heavy atom. The van der Waals surface area contributed by atoms with Crippen LogP contribution in [0, 0.1) is 0 Å². The van der Waals surface area contributed by atoms with Crippen LogP contribution in [-0.2, 0) is 29.2 Å². The van der Waals surface area contributed by atoms with E-state index in [9.17, 15) is 4.79 Å². The number of carbonyl (C=O) groups excluding carboxylic acids is 1. The minimum absolute atomic E-state index is 0.394. The zero-order valence-corrected chi connectivity index (χ0v) is 27.9. The Labute approximate surface area is 255 Å². The predicted molar refractivity (Wildman–Crippen MR) is 171 cm³/mol. The van der Waals surface area contributed by atoms with Gasteiger partial charge in [-0.3, -0.25) is 0 Å². The van der Waals surface area contributed by atoms with Crippen LogP contribution >= 0.6 is 37.7 Å². The van der Waals surface area contributed by atoms with Crippen molar-refractivity contribution < 1.29 is 14.3 Å². The second-order valence-corrected chi connectivity index (χ2v) is 17.6. The van der Waals surface area contributed by atoms with Gasteiger partial charge in [0.2, 0.25) is 5.95 Å². The van der Waals surface area contributed by atoms with Crippen LogP contribution in [-0.4, -0.2) is 84.8 Å². The molecule has 0 unspecified atom stereocenters. The van der Waals surface area contributed by atoms with Gasteiger partial charge >= 0.3 is 6.09 Å². The predicted octanol–water partition coefficient (Wildman–Crippen LogP) is 5.31. The smallest absolute Gasteiger partial charge is 0.407 e. The Kier molecular flexibility index (Phi) is 10.1. The molecule has 3 heterocycles. The Balaban J connectivity index is 1.54. The van der Waals surface area contributed by atoms with E-state index >= 15 is 0 Å². The molecule has 3 aromatic heterocycles. The van der Waals surface area contributed by atoms with E-state index in [1.165, 1.54) is 11.8 Å². The molecule has 0 radical (unpaired) electrons. The number of benzene rings is 1. The first-order valence-corrected chi connectivity index (χ1v) is 18.3. The molecule has 0 spiro atoms.